The summed E-state index contributed by atoms with van der Waals surface area (Å²) in [4.78, 5) is 33.8. The van der Waals surface area contributed by atoms with Crippen LogP contribution in [-0.4, -0.2) is 11.6 Å². The van der Waals surface area contributed by atoms with Gasteiger partial charge in [-0.1, -0.05) is 111 Å². The van der Waals surface area contributed by atoms with Gasteiger partial charge in [-0.2, -0.15) is 0 Å². The van der Waals surface area contributed by atoms with Gasteiger partial charge in [0, 0.05) is 42.1 Å². The van der Waals surface area contributed by atoms with Gasteiger partial charge >= 0.3 is 0 Å². The van der Waals surface area contributed by atoms with Crippen molar-refractivity contribution < 1.29 is 9.59 Å². The lowest BCUT2D eigenvalue weighted by molar-refractivity contribution is 0.0976. The quantitative estimate of drug-likeness (QED) is 0.117. The van der Waals surface area contributed by atoms with E-state index in [-0.39, 0.29) is 11.6 Å². The SMILES string of the molecule is CCCCc1ccc(Nc2ccc(Nc3ccc(CCCC)cc3)c3c2C(=O)c2c(Sc4ccccc4)ccc(Sc4ccccc4)c2C3=O)cc1. The number of anilines is 4. The van der Waals surface area contributed by atoms with Crippen LogP contribution < -0.4 is 10.6 Å². The van der Waals surface area contributed by atoms with Crippen LogP contribution in [0, 0.1) is 0 Å². The Morgan fingerprint density at radius 2 is 0.827 bits per heavy atom. The van der Waals surface area contributed by atoms with Crippen LogP contribution in [0.15, 0.2) is 153 Å². The van der Waals surface area contributed by atoms with Crippen LogP contribution in [-0.2, 0) is 12.8 Å². The van der Waals surface area contributed by atoms with E-state index >= 15 is 9.59 Å². The topological polar surface area (TPSA) is 58.2 Å². The van der Waals surface area contributed by atoms with Gasteiger partial charge in [0.15, 0.2) is 11.6 Å². The summed E-state index contributed by atoms with van der Waals surface area (Å²) >= 11 is 3.02. The smallest absolute Gasteiger partial charge is 0.197 e. The van der Waals surface area contributed by atoms with Crippen molar-refractivity contribution in [3.63, 3.8) is 0 Å². The van der Waals surface area contributed by atoms with Crippen molar-refractivity contribution in [3.8, 4) is 0 Å². The van der Waals surface area contributed by atoms with Crippen LogP contribution >= 0.6 is 23.5 Å². The van der Waals surface area contributed by atoms with Crippen molar-refractivity contribution in [2.75, 3.05) is 10.6 Å². The average Bonchev–Trinajstić information content (AvgIpc) is 3.18. The second kappa shape index (κ2) is 16.5. The molecule has 0 fully saturated rings. The third-order valence-electron chi connectivity index (χ3n) is 9.29. The Bertz CT molecular complexity index is 2020. The third kappa shape index (κ3) is 7.89. The second-order valence-electron chi connectivity index (χ2n) is 13.1. The molecule has 2 N–H and O–H groups in total. The molecule has 0 aromatic heterocycles. The molecule has 0 atom stereocenters. The van der Waals surface area contributed by atoms with Crippen LogP contribution in [0.5, 0.6) is 0 Å². The summed E-state index contributed by atoms with van der Waals surface area (Å²) in [7, 11) is 0. The Kier molecular flexibility index (Phi) is 11.2. The second-order valence-corrected chi connectivity index (χ2v) is 15.3. The molecule has 4 nitrogen and oxygen atoms in total. The van der Waals surface area contributed by atoms with Crippen LogP contribution in [0.3, 0.4) is 0 Å². The van der Waals surface area contributed by atoms with E-state index in [1.165, 1.54) is 34.7 Å². The van der Waals surface area contributed by atoms with E-state index < -0.39 is 0 Å². The number of hydrogen-bond donors (Lipinski definition) is 2. The van der Waals surface area contributed by atoms with E-state index in [9.17, 15) is 0 Å². The highest BCUT2D eigenvalue weighted by Gasteiger charge is 2.38. The summed E-state index contributed by atoms with van der Waals surface area (Å²) in [5.74, 6) is -0.335. The number of aryl methyl sites for hydroxylation is 2. The Labute approximate surface area is 315 Å². The minimum absolute atomic E-state index is 0.167. The first kappa shape index (κ1) is 35.4. The van der Waals surface area contributed by atoms with E-state index in [0.29, 0.717) is 33.6 Å². The standard InChI is InChI=1S/C46H42N2O2S2/c1-3-5-13-31-19-23-33(24-20-31)47-37-27-28-38(48-34-25-21-32(22-26-34)14-6-4-2)42-41(37)45(49)43-39(51-35-15-9-7-10-16-35)29-30-40(44(43)46(42)50)52-36-17-11-8-12-18-36/h7-12,15-30,47-48H,3-6,13-14H2,1-2H3. The summed E-state index contributed by atoms with van der Waals surface area (Å²) < 4.78 is 0. The molecule has 0 spiro atoms. The van der Waals surface area contributed by atoms with Crippen molar-refractivity contribution >= 4 is 57.8 Å². The fraction of sp³-hybridized carbons (Fsp3) is 0.174. The van der Waals surface area contributed by atoms with Crippen LogP contribution in [0.2, 0.25) is 0 Å². The van der Waals surface area contributed by atoms with E-state index in [4.69, 9.17) is 0 Å². The molecule has 0 saturated carbocycles. The van der Waals surface area contributed by atoms with Gasteiger partial charge < -0.3 is 10.6 Å². The monoisotopic (exact) mass is 718 g/mol. The molecule has 0 unspecified atom stereocenters. The minimum atomic E-state index is -0.167. The molecule has 1 aliphatic carbocycles. The van der Waals surface area contributed by atoms with Gasteiger partial charge in [0.1, 0.15) is 0 Å². The molecule has 260 valence electrons. The highest BCUT2D eigenvalue weighted by atomic mass is 32.2. The first-order chi connectivity index (χ1) is 25.5. The molecular weight excluding hydrogens is 677 g/mol. The first-order valence-corrected chi connectivity index (χ1v) is 19.8. The highest BCUT2D eigenvalue weighted by molar-refractivity contribution is 8.00. The summed E-state index contributed by atoms with van der Waals surface area (Å²) in [6, 6.07) is 44.6. The minimum Gasteiger partial charge on any atom is -0.355 e. The van der Waals surface area contributed by atoms with Gasteiger partial charge in [-0.3, -0.25) is 9.59 Å². The van der Waals surface area contributed by atoms with Crippen molar-refractivity contribution in [2.24, 2.45) is 0 Å². The van der Waals surface area contributed by atoms with Gasteiger partial charge in [0.25, 0.3) is 0 Å². The van der Waals surface area contributed by atoms with Crippen molar-refractivity contribution in [1.29, 1.82) is 0 Å². The van der Waals surface area contributed by atoms with Gasteiger partial charge in [-0.15, -0.1) is 0 Å². The van der Waals surface area contributed by atoms with Gasteiger partial charge in [0.05, 0.1) is 22.5 Å². The van der Waals surface area contributed by atoms with Crippen molar-refractivity contribution in [3.05, 3.63) is 167 Å². The molecule has 6 heteroatoms. The number of nitrogens with one attached hydrogen (secondary N) is 2. The normalized spacial score (nSPS) is 12.0. The maximum absolute atomic E-state index is 15.2. The number of carbonyl (C=O) groups excluding carboxylic acids is 2. The maximum Gasteiger partial charge on any atom is 0.197 e. The molecule has 6 aromatic rings. The fourth-order valence-electron chi connectivity index (χ4n) is 6.53. The highest BCUT2D eigenvalue weighted by Crippen LogP contribution is 2.46. The molecule has 0 bridgehead atoms. The Balaban J connectivity index is 1.36. The van der Waals surface area contributed by atoms with E-state index in [1.807, 2.05) is 84.9 Å². The van der Waals surface area contributed by atoms with Crippen molar-refractivity contribution in [1.82, 2.24) is 0 Å². The number of unbranched alkanes of at least 4 members (excludes halogenated alkanes) is 2. The lowest BCUT2D eigenvalue weighted by atomic mass is 9.82. The summed E-state index contributed by atoms with van der Waals surface area (Å²) in [5.41, 5.74) is 7.17. The zero-order chi connectivity index (χ0) is 35.9. The molecule has 0 radical (unpaired) electrons. The Morgan fingerprint density at radius 1 is 0.442 bits per heavy atom. The zero-order valence-electron chi connectivity index (χ0n) is 29.6. The third-order valence-corrected chi connectivity index (χ3v) is 11.4. The summed E-state index contributed by atoms with van der Waals surface area (Å²) in [6.07, 6.45) is 6.62. The number of ketones is 2. The van der Waals surface area contributed by atoms with Crippen molar-refractivity contribution in [2.45, 2.75) is 72.0 Å². The first-order valence-electron chi connectivity index (χ1n) is 18.1. The van der Waals surface area contributed by atoms with E-state index in [1.54, 1.807) is 0 Å². The largest absolute Gasteiger partial charge is 0.355 e. The molecule has 0 saturated heterocycles. The molecular formula is C46H42N2O2S2. The zero-order valence-corrected chi connectivity index (χ0v) is 31.2. The molecule has 0 aliphatic heterocycles. The Morgan fingerprint density at radius 3 is 1.19 bits per heavy atom. The van der Waals surface area contributed by atoms with Crippen LogP contribution in [0.4, 0.5) is 22.7 Å². The van der Waals surface area contributed by atoms with Gasteiger partial charge in [0.2, 0.25) is 0 Å². The molecule has 6 aromatic carbocycles. The average molecular weight is 719 g/mol. The fourth-order valence-corrected chi connectivity index (χ4v) is 8.49. The molecule has 0 heterocycles. The number of carbonyl (C=O) groups is 2. The summed E-state index contributed by atoms with van der Waals surface area (Å²) in [5, 5.41) is 7.05. The number of fused-ring (bicyclic) bond motifs is 2. The maximum atomic E-state index is 15.2. The predicted molar refractivity (Wildman–Crippen MR) is 218 cm³/mol. The molecule has 0 amide bonds. The van der Waals surface area contributed by atoms with Gasteiger partial charge in [-0.25, -0.2) is 0 Å². The van der Waals surface area contributed by atoms with E-state index in [0.717, 1.165) is 69.5 Å². The van der Waals surface area contributed by atoms with Crippen LogP contribution in [0.25, 0.3) is 0 Å². The number of rotatable bonds is 14. The number of hydrogen-bond acceptors (Lipinski definition) is 6. The molecule has 1 aliphatic rings. The number of benzene rings is 6. The lowest BCUT2D eigenvalue weighted by Gasteiger charge is -2.27. The van der Waals surface area contributed by atoms with Gasteiger partial charge in [-0.05, 0) is 110 Å². The lowest BCUT2D eigenvalue weighted by Crippen LogP contribution is -2.25. The molecule has 52 heavy (non-hydrogen) atoms. The van der Waals surface area contributed by atoms with E-state index in [2.05, 4.69) is 73.0 Å². The molecule has 7 rings (SSSR count). The van der Waals surface area contributed by atoms with Crippen LogP contribution in [0.1, 0.15) is 82.5 Å². The predicted octanol–water partition coefficient (Wildman–Crippen LogP) is 12.9. The summed E-state index contributed by atoms with van der Waals surface area (Å²) in [6.45, 7) is 4.40. The Hall–Kier alpha value is -5.04.